The van der Waals surface area contributed by atoms with Crippen LogP contribution in [0.4, 0.5) is 5.82 Å². The summed E-state index contributed by atoms with van der Waals surface area (Å²) in [5.41, 5.74) is 7.71. The molecule has 2 N–H and O–H groups in total. The normalized spacial score (nSPS) is 16.7. The van der Waals surface area contributed by atoms with E-state index in [9.17, 15) is 0 Å². The van der Waals surface area contributed by atoms with Crippen molar-refractivity contribution >= 4 is 23.0 Å². The first-order valence-corrected chi connectivity index (χ1v) is 7.63. The molecule has 0 radical (unpaired) electrons. The maximum atomic E-state index is 5.82. The van der Waals surface area contributed by atoms with E-state index in [-0.39, 0.29) is 0 Å². The van der Waals surface area contributed by atoms with Crippen LogP contribution in [0.25, 0.3) is 0 Å². The van der Waals surface area contributed by atoms with Crippen LogP contribution in [0.1, 0.15) is 25.1 Å². The zero-order valence-electron chi connectivity index (χ0n) is 12.6. The van der Waals surface area contributed by atoms with Crippen molar-refractivity contribution in [2.45, 2.75) is 20.8 Å². The molecule has 0 spiro atoms. The highest BCUT2D eigenvalue weighted by atomic mass is 32.1. The molecule has 1 aliphatic rings. The number of nitrogens with zero attached hydrogens (tertiary/aromatic N) is 3. The van der Waals surface area contributed by atoms with Crippen molar-refractivity contribution in [2.75, 3.05) is 37.6 Å². The molecule has 0 unspecified atom stereocenters. The molecule has 0 bridgehead atoms. The van der Waals surface area contributed by atoms with Crippen LogP contribution in [0, 0.1) is 12.8 Å². The molecule has 0 aromatic carbocycles. The number of thiocarbonyl (C=S) groups is 1. The molecule has 0 atom stereocenters. The lowest BCUT2D eigenvalue weighted by Crippen LogP contribution is -2.48. The Balaban J connectivity index is 2.10. The molecule has 1 saturated heterocycles. The number of hydrogen-bond acceptors (Lipinski definition) is 4. The quantitative estimate of drug-likeness (QED) is 0.858. The van der Waals surface area contributed by atoms with Gasteiger partial charge in [-0.25, -0.2) is 4.98 Å². The summed E-state index contributed by atoms with van der Waals surface area (Å²) in [6, 6.07) is 3.95. The third-order valence-electron chi connectivity index (χ3n) is 3.57. The first-order chi connectivity index (χ1) is 9.47. The van der Waals surface area contributed by atoms with Gasteiger partial charge in [-0.15, -0.1) is 0 Å². The predicted octanol–water partition coefficient (Wildman–Crippen LogP) is 1.80. The smallest absolute Gasteiger partial charge is 0.139 e. The molecular weight excluding hydrogens is 268 g/mol. The second-order valence-corrected chi connectivity index (χ2v) is 6.31. The topological polar surface area (TPSA) is 45.4 Å². The van der Waals surface area contributed by atoms with Gasteiger partial charge in [-0.2, -0.15) is 0 Å². The van der Waals surface area contributed by atoms with Crippen molar-refractivity contribution in [2.24, 2.45) is 11.7 Å². The van der Waals surface area contributed by atoms with Crippen molar-refractivity contribution < 1.29 is 0 Å². The summed E-state index contributed by atoms with van der Waals surface area (Å²) in [5.74, 6) is 1.66. The van der Waals surface area contributed by atoms with Gasteiger partial charge in [0.1, 0.15) is 10.8 Å². The van der Waals surface area contributed by atoms with E-state index in [0.29, 0.717) is 10.9 Å². The number of hydrogen-bond donors (Lipinski definition) is 1. The fraction of sp³-hybridized carbons (Fsp3) is 0.600. The average molecular weight is 292 g/mol. The monoisotopic (exact) mass is 292 g/mol. The number of pyridine rings is 1. The maximum Gasteiger partial charge on any atom is 0.139 e. The number of piperazine rings is 1. The lowest BCUT2D eigenvalue weighted by atomic mass is 10.1. The molecule has 2 rings (SSSR count). The van der Waals surface area contributed by atoms with Gasteiger partial charge in [-0.3, -0.25) is 4.90 Å². The van der Waals surface area contributed by atoms with E-state index in [1.807, 2.05) is 19.1 Å². The average Bonchev–Trinajstić information content (AvgIpc) is 2.38. The number of rotatable bonds is 4. The second kappa shape index (κ2) is 6.50. The molecule has 4 nitrogen and oxygen atoms in total. The zero-order valence-corrected chi connectivity index (χ0v) is 13.4. The number of nitrogens with two attached hydrogens (primary N) is 1. The summed E-state index contributed by atoms with van der Waals surface area (Å²) in [4.78, 5) is 9.89. The van der Waals surface area contributed by atoms with Gasteiger partial charge in [-0.1, -0.05) is 26.1 Å². The van der Waals surface area contributed by atoms with Crippen LogP contribution in [-0.4, -0.2) is 47.6 Å². The second-order valence-electron chi connectivity index (χ2n) is 5.87. The van der Waals surface area contributed by atoms with Gasteiger partial charge in [-0.05, 0) is 25.0 Å². The highest BCUT2D eigenvalue weighted by Crippen LogP contribution is 2.20. The fourth-order valence-electron chi connectivity index (χ4n) is 2.64. The van der Waals surface area contributed by atoms with E-state index in [4.69, 9.17) is 18.0 Å². The summed E-state index contributed by atoms with van der Waals surface area (Å²) in [6.45, 7) is 11.8. The molecule has 0 saturated carbocycles. The molecule has 1 fully saturated rings. The highest BCUT2D eigenvalue weighted by molar-refractivity contribution is 7.80. The van der Waals surface area contributed by atoms with Crippen LogP contribution >= 0.6 is 12.2 Å². The van der Waals surface area contributed by atoms with Crippen LogP contribution in [-0.2, 0) is 0 Å². The minimum absolute atomic E-state index is 0.428. The summed E-state index contributed by atoms with van der Waals surface area (Å²) in [7, 11) is 0. The number of aromatic nitrogens is 1. The van der Waals surface area contributed by atoms with Crippen molar-refractivity contribution in [3.05, 3.63) is 23.4 Å². The first-order valence-electron chi connectivity index (χ1n) is 7.22. The summed E-state index contributed by atoms with van der Waals surface area (Å²) in [6.07, 6.45) is 0. The SMILES string of the molecule is Cc1ccc(C(N)=S)c(N2CCN(CC(C)C)CC2)n1. The van der Waals surface area contributed by atoms with Crippen LogP contribution in [0.2, 0.25) is 0 Å². The van der Waals surface area contributed by atoms with Crippen LogP contribution in [0.5, 0.6) is 0 Å². The summed E-state index contributed by atoms with van der Waals surface area (Å²) < 4.78 is 0. The highest BCUT2D eigenvalue weighted by Gasteiger charge is 2.21. The van der Waals surface area contributed by atoms with Crippen molar-refractivity contribution in [3.63, 3.8) is 0 Å². The van der Waals surface area contributed by atoms with Gasteiger partial charge in [0.15, 0.2) is 0 Å². The minimum Gasteiger partial charge on any atom is -0.389 e. The van der Waals surface area contributed by atoms with E-state index < -0.39 is 0 Å². The van der Waals surface area contributed by atoms with Crippen molar-refractivity contribution in [3.8, 4) is 0 Å². The largest absolute Gasteiger partial charge is 0.389 e. The molecular formula is C15H24N4S. The van der Waals surface area contributed by atoms with Gasteiger partial charge in [0, 0.05) is 38.4 Å². The standard InChI is InChI=1S/C15H24N4S/c1-11(2)10-18-6-8-19(9-7-18)15-13(14(16)20)5-4-12(3)17-15/h4-5,11H,6-10H2,1-3H3,(H2,16,20). The van der Waals surface area contributed by atoms with Crippen LogP contribution in [0.15, 0.2) is 12.1 Å². The Morgan fingerprint density at radius 2 is 1.95 bits per heavy atom. The Bertz CT molecular complexity index is 479. The molecule has 0 aliphatic carbocycles. The van der Waals surface area contributed by atoms with E-state index in [1.165, 1.54) is 0 Å². The summed E-state index contributed by atoms with van der Waals surface area (Å²) >= 11 is 5.14. The Morgan fingerprint density at radius 1 is 1.30 bits per heavy atom. The number of anilines is 1. The Hall–Kier alpha value is -1.20. The first kappa shape index (κ1) is 15.2. The van der Waals surface area contributed by atoms with Gasteiger partial charge in [0.2, 0.25) is 0 Å². The van der Waals surface area contributed by atoms with Gasteiger partial charge in [0.05, 0.1) is 5.56 Å². The Kier molecular flexibility index (Phi) is 4.94. The molecule has 20 heavy (non-hydrogen) atoms. The molecule has 1 aromatic heterocycles. The molecule has 5 heteroatoms. The zero-order chi connectivity index (χ0) is 14.7. The number of aryl methyl sites for hydroxylation is 1. The maximum absolute atomic E-state index is 5.82. The van der Waals surface area contributed by atoms with Crippen LogP contribution in [0.3, 0.4) is 0 Å². The minimum atomic E-state index is 0.428. The van der Waals surface area contributed by atoms with Crippen LogP contribution < -0.4 is 10.6 Å². The van der Waals surface area contributed by atoms with E-state index in [1.54, 1.807) is 0 Å². The lowest BCUT2D eigenvalue weighted by molar-refractivity contribution is 0.231. The molecule has 1 aromatic rings. The van der Waals surface area contributed by atoms with Crippen molar-refractivity contribution in [1.82, 2.24) is 9.88 Å². The summed E-state index contributed by atoms with van der Waals surface area (Å²) in [5, 5.41) is 0. The van der Waals surface area contributed by atoms with Gasteiger partial charge in [0.25, 0.3) is 0 Å². The predicted molar refractivity (Wildman–Crippen MR) is 88.4 cm³/mol. The fourth-order valence-corrected chi connectivity index (χ4v) is 2.79. The Morgan fingerprint density at radius 3 is 2.50 bits per heavy atom. The molecule has 0 amide bonds. The Labute approximate surface area is 127 Å². The van der Waals surface area contributed by atoms with E-state index >= 15 is 0 Å². The van der Waals surface area contributed by atoms with E-state index in [0.717, 1.165) is 49.8 Å². The van der Waals surface area contributed by atoms with Gasteiger partial charge < -0.3 is 10.6 Å². The molecule has 1 aliphatic heterocycles. The third-order valence-corrected chi connectivity index (χ3v) is 3.79. The molecule has 2 heterocycles. The molecule has 110 valence electrons. The van der Waals surface area contributed by atoms with Gasteiger partial charge >= 0.3 is 0 Å². The van der Waals surface area contributed by atoms with E-state index in [2.05, 4.69) is 28.6 Å². The third kappa shape index (κ3) is 3.67. The lowest BCUT2D eigenvalue weighted by Gasteiger charge is -2.37. The van der Waals surface area contributed by atoms with Crippen molar-refractivity contribution in [1.29, 1.82) is 0 Å².